The van der Waals surface area contributed by atoms with Gasteiger partial charge in [0.05, 0.1) is 12.2 Å². The van der Waals surface area contributed by atoms with Crippen molar-refractivity contribution < 1.29 is 9.59 Å². The molecule has 1 rings (SSSR count). The van der Waals surface area contributed by atoms with E-state index in [9.17, 15) is 9.59 Å². The number of nitrogens with one attached hydrogen (secondary N) is 1. The fourth-order valence-electron chi connectivity index (χ4n) is 2.18. The summed E-state index contributed by atoms with van der Waals surface area (Å²) in [7, 11) is 1.68. The van der Waals surface area contributed by atoms with Gasteiger partial charge in [0, 0.05) is 17.9 Å². The van der Waals surface area contributed by atoms with Crippen molar-refractivity contribution in [3.05, 3.63) is 24.3 Å². The summed E-state index contributed by atoms with van der Waals surface area (Å²) in [6.07, 6.45) is 3.57. The van der Waals surface area contributed by atoms with E-state index in [2.05, 4.69) is 5.32 Å². The number of para-hydroxylation sites is 1. The smallest absolute Gasteiger partial charge is 0.244 e. The number of hydrogen-bond acceptors (Lipinski definition) is 3. The minimum Gasteiger partial charge on any atom is -0.336 e. The fourth-order valence-corrected chi connectivity index (χ4v) is 2.73. The van der Waals surface area contributed by atoms with Crippen molar-refractivity contribution in [2.75, 3.05) is 25.2 Å². The molecule has 0 bridgehead atoms. The third-order valence-electron chi connectivity index (χ3n) is 3.47. The summed E-state index contributed by atoms with van der Waals surface area (Å²) in [5, 5.41) is 2.87. The molecule has 2 amide bonds. The van der Waals surface area contributed by atoms with Gasteiger partial charge in [-0.3, -0.25) is 9.59 Å². The van der Waals surface area contributed by atoms with Gasteiger partial charge >= 0.3 is 0 Å². The van der Waals surface area contributed by atoms with E-state index in [0.717, 1.165) is 23.4 Å². The number of carbonyl (C=O) groups excluding carboxylic acids is 2. The number of rotatable bonds is 7. The summed E-state index contributed by atoms with van der Waals surface area (Å²) in [6, 6.07) is 7.64. The van der Waals surface area contributed by atoms with Gasteiger partial charge in [-0.25, -0.2) is 0 Å². The highest BCUT2D eigenvalue weighted by Gasteiger charge is 2.20. The van der Waals surface area contributed by atoms with Crippen molar-refractivity contribution in [2.24, 2.45) is 5.92 Å². The normalized spacial score (nSPS) is 10.5. The van der Waals surface area contributed by atoms with Crippen molar-refractivity contribution in [1.82, 2.24) is 4.90 Å². The topological polar surface area (TPSA) is 49.4 Å². The Hall–Kier alpha value is -1.49. The zero-order valence-corrected chi connectivity index (χ0v) is 14.0. The molecular weight excluding hydrogens is 284 g/mol. The number of hydrogen-bond donors (Lipinski definition) is 1. The number of thioether (sulfide) groups is 1. The Bertz CT molecular complexity index is 487. The van der Waals surface area contributed by atoms with Gasteiger partial charge in [-0.2, -0.15) is 0 Å². The van der Waals surface area contributed by atoms with E-state index < -0.39 is 0 Å². The second kappa shape index (κ2) is 8.72. The first-order valence-electron chi connectivity index (χ1n) is 7.21. The minimum atomic E-state index is -0.168. The maximum absolute atomic E-state index is 12.2. The number of nitrogens with zero attached hydrogens (tertiary/aromatic N) is 1. The van der Waals surface area contributed by atoms with E-state index >= 15 is 0 Å². The van der Waals surface area contributed by atoms with Gasteiger partial charge in [0.25, 0.3) is 0 Å². The Kier molecular flexibility index (Phi) is 7.29. The first-order valence-corrected chi connectivity index (χ1v) is 8.43. The number of amides is 2. The SMILES string of the molecule is CCC(CC)C(=O)N(C)CC(=O)Nc1ccccc1SC. The summed E-state index contributed by atoms with van der Waals surface area (Å²) in [6.45, 7) is 4.07. The predicted octanol–water partition coefficient (Wildman–Crippen LogP) is 3.24. The lowest BCUT2D eigenvalue weighted by molar-refractivity contribution is -0.137. The van der Waals surface area contributed by atoms with Crippen LogP contribution in [0.5, 0.6) is 0 Å². The quantitative estimate of drug-likeness (QED) is 0.787. The molecule has 0 aromatic heterocycles. The lowest BCUT2D eigenvalue weighted by atomic mass is 10.0. The van der Waals surface area contributed by atoms with Crippen LogP contribution < -0.4 is 5.32 Å². The number of benzene rings is 1. The lowest BCUT2D eigenvalue weighted by Gasteiger charge is -2.22. The molecule has 1 N–H and O–H groups in total. The van der Waals surface area contributed by atoms with Gasteiger partial charge in [-0.15, -0.1) is 11.8 Å². The second-order valence-electron chi connectivity index (χ2n) is 4.96. The predicted molar refractivity (Wildman–Crippen MR) is 88.6 cm³/mol. The van der Waals surface area contributed by atoms with Crippen LogP contribution in [0.3, 0.4) is 0 Å². The van der Waals surface area contributed by atoms with E-state index in [0.29, 0.717) is 0 Å². The largest absolute Gasteiger partial charge is 0.336 e. The molecular formula is C16H24N2O2S. The minimum absolute atomic E-state index is 0.00119. The fraction of sp³-hybridized carbons (Fsp3) is 0.500. The van der Waals surface area contributed by atoms with E-state index in [1.54, 1.807) is 18.8 Å². The summed E-state index contributed by atoms with van der Waals surface area (Å²) >= 11 is 1.58. The number of likely N-dealkylation sites (N-methyl/N-ethyl adjacent to an activating group) is 1. The Morgan fingerprint density at radius 2 is 1.86 bits per heavy atom. The van der Waals surface area contributed by atoms with Crippen LogP contribution in [0.1, 0.15) is 26.7 Å². The molecule has 0 radical (unpaired) electrons. The zero-order chi connectivity index (χ0) is 15.8. The van der Waals surface area contributed by atoms with Crippen LogP contribution in [0.2, 0.25) is 0 Å². The maximum Gasteiger partial charge on any atom is 0.244 e. The monoisotopic (exact) mass is 308 g/mol. The van der Waals surface area contributed by atoms with Gasteiger partial charge < -0.3 is 10.2 Å². The highest BCUT2D eigenvalue weighted by Crippen LogP contribution is 2.24. The van der Waals surface area contributed by atoms with Gasteiger partial charge in [0.15, 0.2) is 0 Å². The molecule has 0 unspecified atom stereocenters. The van der Waals surface area contributed by atoms with Crippen LogP contribution in [-0.2, 0) is 9.59 Å². The summed E-state index contributed by atoms with van der Waals surface area (Å²) in [5.41, 5.74) is 0.790. The van der Waals surface area contributed by atoms with Crippen molar-refractivity contribution >= 4 is 29.3 Å². The van der Waals surface area contributed by atoms with Crippen LogP contribution in [0.25, 0.3) is 0 Å². The second-order valence-corrected chi connectivity index (χ2v) is 5.80. The Balaban J connectivity index is 2.63. The van der Waals surface area contributed by atoms with Crippen LogP contribution in [0.15, 0.2) is 29.2 Å². The maximum atomic E-state index is 12.2. The van der Waals surface area contributed by atoms with Crippen molar-refractivity contribution in [3.63, 3.8) is 0 Å². The summed E-state index contributed by atoms with van der Waals surface area (Å²) in [4.78, 5) is 26.8. The molecule has 0 spiro atoms. The molecule has 5 heteroatoms. The molecule has 0 aliphatic rings. The molecule has 21 heavy (non-hydrogen) atoms. The highest BCUT2D eigenvalue weighted by atomic mass is 32.2. The Labute approximate surface area is 131 Å². The van der Waals surface area contributed by atoms with Gasteiger partial charge in [-0.05, 0) is 31.2 Å². The number of anilines is 1. The zero-order valence-electron chi connectivity index (χ0n) is 13.2. The summed E-state index contributed by atoms with van der Waals surface area (Å²) in [5.74, 6) is -0.132. The Morgan fingerprint density at radius 3 is 2.43 bits per heavy atom. The standard InChI is InChI=1S/C16H24N2O2S/c1-5-12(6-2)16(20)18(3)11-15(19)17-13-9-7-8-10-14(13)21-4/h7-10,12H,5-6,11H2,1-4H3,(H,17,19). The number of carbonyl (C=O) groups is 2. The third-order valence-corrected chi connectivity index (χ3v) is 4.27. The van der Waals surface area contributed by atoms with E-state index in [-0.39, 0.29) is 24.3 Å². The van der Waals surface area contributed by atoms with Gasteiger partial charge in [0.1, 0.15) is 0 Å². The van der Waals surface area contributed by atoms with Crippen molar-refractivity contribution in [1.29, 1.82) is 0 Å². The van der Waals surface area contributed by atoms with Crippen LogP contribution in [0, 0.1) is 5.92 Å². The molecule has 0 fully saturated rings. The van der Waals surface area contributed by atoms with Gasteiger partial charge in [-0.1, -0.05) is 26.0 Å². The molecule has 0 saturated heterocycles. The van der Waals surface area contributed by atoms with Crippen molar-refractivity contribution in [2.45, 2.75) is 31.6 Å². The molecule has 4 nitrogen and oxygen atoms in total. The van der Waals surface area contributed by atoms with Crippen molar-refractivity contribution in [3.8, 4) is 0 Å². The van der Waals surface area contributed by atoms with Crippen LogP contribution >= 0.6 is 11.8 Å². The third kappa shape index (κ3) is 5.08. The molecule has 116 valence electrons. The molecule has 0 saturated carbocycles. The average Bonchev–Trinajstić information content (AvgIpc) is 2.48. The molecule has 1 aromatic carbocycles. The van der Waals surface area contributed by atoms with E-state index in [4.69, 9.17) is 0 Å². The molecule has 1 aromatic rings. The van der Waals surface area contributed by atoms with Crippen LogP contribution in [0.4, 0.5) is 5.69 Å². The van der Waals surface area contributed by atoms with E-state index in [1.165, 1.54) is 4.90 Å². The average molecular weight is 308 g/mol. The summed E-state index contributed by atoms with van der Waals surface area (Å²) < 4.78 is 0. The van der Waals surface area contributed by atoms with Gasteiger partial charge in [0.2, 0.25) is 11.8 Å². The first-order chi connectivity index (χ1) is 10.0. The molecule has 0 aliphatic heterocycles. The lowest BCUT2D eigenvalue weighted by Crippen LogP contribution is -2.38. The Morgan fingerprint density at radius 1 is 1.24 bits per heavy atom. The molecule has 0 aliphatic carbocycles. The highest BCUT2D eigenvalue weighted by molar-refractivity contribution is 7.98. The first kappa shape index (κ1) is 17.6. The van der Waals surface area contributed by atoms with Crippen LogP contribution in [-0.4, -0.2) is 36.6 Å². The molecule has 0 atom stereocenters. The molecule has 0 heterocycles. The van der Waals surface area contributed by atoms with E-state index in [1.807, 2.05) is 44.4 Å².